The summed E-state index contributed by atoms with van der Waals surface area (Å²) in [4.78, 5) is 16.3. The van der Waals surface area contributed by atoms with Crippen LogP contribution in [0.4, 0.5) is 0 Å². The highest BCUT2D eigenvalue weighted by atomic mass is 32.2. The van der Waals surface area contributed by atoms with Crippen molar-refractivity contribution < 1.29 is 4.74 Å². The summed E-state index contributed by atoms with van der Waals surface area (Å²) in [5.41, 5.74) is 0.813. The number of aromatic nitrogens is 2. The molecule has 2 aromatic rings. The highest BCUT2D eigenvalue weighted by Gasteiger charge is 2.09. The molecule has 0 bridgehead atoms. The van der Waals surface area contributed by atoms with Gasteiger partial charge in [0.25, 0.3) is 0 Å². The SMILES string of the molecule is CCC(Oc1ccccc1)SCc1c[nH]c(=O)[nH]1. The van der Waals surface area contributed by atoms with Gasteiger partial charge in [0.1, 0.15) is 11.2 Å². The lowest BCUT2D eigenvalue weighted by atomic mass is 10.3. The van der Waals surface area contributed by atoms with Crippen LogP contribution in [0.25, 0.3) is 0 Å². The van der Waals surface area contributed by atoms with Crippen LogP contribution in [-0.4, -0.2) is 15.4 Å². The number of rotatable bonds is 6. The Bertz CT molecular complexity index is 521. The van der Waals surface area contributed by atoms with Crippen LogP contribution in [0, 0.1) is 0 Å². The van der Waals surface area contributed by atoms with Gasteiger partial charge in [-0.05, 0) is 18.6 Å². The maximum atomic E-state index is 10.9. The van der Waals surface area contributed by atoms with Gasteiger partial charge in [-0.1, -0.05) is 25.1 Å². The van der Waals surface area contributed by atoms with Crippen LogP contribution in [-0.2, 0) is 5.75 Å². The smallest absolute Gasteiger partial charge is 0.323 e. The molecular weight excluding hydrogens is 248 g/mol. The first-order chi connectivity index (χ1) is 8.78. The first kappa shape index (κ1) is 12.8. The fourth-order valence-corrected chi connectivity index (χ4v) is 2.45. The zero-order valence-electron chi connectivity index (χ0n) is 10.2. The van der Waals surface area contributed by atoms with Gasteiger partial charge >= 0.3 is 5.69 Å². The van der Waals surface area contributed by atoms with Gasteiger partial charge in [0.2, 0.25) is 0 Å². The predicted octanol–water partition coefficient (Wildman–Crippen LogP) is 2.75. The van der Waals surface area contributed by atoms with Crippen LogP contribution < -0.4 is 10.4 Å². The van der Waals surface area contributed by atoms with E-state index in [-0.39, 0.29) is 11.1 Å². The van der Waals surface area contributed by atoms with Crippen molar-refractivity contribution in [3.05, 3.63) is 52.7 Å². The molecule has 1 aromatic carbocycles. The third-order valence-electron chi connectivity index (χ3n) is 2.42. The largest absolute Gasteiger partial charge is 0.480 e. The molecule has 1 aromatic heterocycles. The van der Waals surface area contributed by atoms with E-state index in [1.54, 1.807) is 18.0 Å². The zero-order chi connectivity index (χ0) is 12.8. The van der Waals surface area contributed by atoms with E-state index in [0.717, 1.165) is 23.6 Å². The predicted molar refractivity (Wildman–Crippen MR) is 73.9 cm³/mol. The molecule has 18 heavy (non-hydrogen) atoms. The number of imidazole rings is 1. The van der Waals surface area contributed by atoms with Crippen LogP contribution in [0.5, 0.6) is 5.75 Å². The van der Waals surface area contributed by atoms with Gasteiger partial charge in [-0.15, -0.1) is 11.8 Å². The van der Waals surface area contributed by atoms with Gasteiger partial charge in [-0.25, -0.2) is 4.79 Å². The highest BCUT2D eigenvalue weighted by Crippen LogP contribution is 2.22. The number of para-hydroxylation sites is 1. The fourth-order valence-electron chi connectivity index (χ4n) is 1.52. The monoisotopic (exact) mass is 264 g/mol. The molecule has 5 heteroatoms. The maximum Gasteiger partial charge on any atom is 0.323 e. The minimum absolute atomic E-state index is 0.0887. The minimum Gasteiger partial charge on any atom is -0.480 e. The molecule has 0 radical (unpaired) electrons. The number of thioether (sulfide) groups is 1. The summed E-state index contributed by atoms with van der Waals surface area (Å²) >= 11 is 1.67. The Hall–Kier alpha value is -1.62. The normalized spacial score (nSPS) is 12.3. The quantitative estimate of drug-likeness (QED) is 0.789. The lowest BCUT2D eigenvalue weighted by molar-refractivity contribution is 0.283. The molecule has 1 atom stereocenters. The Kier molecular flexibility index (Phi) is 4.52. The number of aromatic amines is 2. The molecule has 0 saturated carbocycles. The van der Waals surface area contributed by atoms with Crippen LogP contribution in [0.15, 0.2) is 41.3 Å². The average Bonchev–Trinajstić information content (AvgIpc) is 2.81. The molecule has 0 spiro atoms. The first-order valence-electron chi connectivity index (χ1n) is 5.88. The molecule has 2 rings (SSSR count). The number of H-pyrrole nitrogens is 2. The lowest BCUT2D eigenvalue weighted by Gasteiger charge is -2.16. The average molecular weight is 264 g/mol. The molecular formula is C13H16N2O2S. The second kappa shape index (κ2) is 6.35. The Morgan fingerprint density at radius 3 is 2.72 bits per heavy atom. The van der Waals surface area contributed by atoms with E-state index in [0.29, 0.717) is 0 Å². The van der Waals surface area contributed by atoms with Crippen molar-refractivity contribution in [1.29, 1.82) is 0 Å². The van der Waals surface area contributed by atoms with Gasteiger partial charge in [-0.2, -0.15) is 0 Å². The van der Waals surface area contributed by atoms with E-state index >= 15 is 0 Å². The van der Waals surface area contributed by atoms with Crippen LogP contribution >= 0.6 is 11.8 Å². The van der Waals surface area contributed by atoms with Gasteiger partial charge < -0.3 is 14.7 Å². The second-order valence-electron chi connectivity index (χ2n) is 3.85. The lowest BCUT2D eigenvalue weighted by Crippen LogP contribution is -2.11. The summed E-state index contributed by atoms with van der Waals surface area (Å²) in [6.45, 7) is 2.08. The Balaban J connectivity index is 1.88. The topological polar surface area (TPSA) is 57.9 Å². The van der Waals surface area contributed by atoms with Crippen molar-refractivity contribution in [2.24, 2.45) is 0 Å². The highest BCUT2D eigenvalue weighted by molar-refractivity contribution is 7.99. The zero-order valence-corrected chi connectivity index (χ0v) is 11.0. The fraction of sp³-hybridized carbons (Fsp3) is 0.308. The Morgan fingerprint density at radius 2 is 2.11 bits per heavy atom. The first-order valence-corrected chi connectivity index (χ1v) is 6.92. The third-order valence-corrected chi connectivity index (χ3v) is 3.70. The molecule has 1 unspecified atom stereocenters. The van der Waals surface area contributed by atoms with E-state index in [2.05, 4.69) is 16.9 Å². The van der Waals surface area contributed by atoms with Crippen molar-refractivity contribution in [1.82, 2.24) is 9.97 Å². The minimum atomic E-state index is -0.164. The van der Waals surface area contributed by atoms with E-state index in [9.17, 15) is 4.79 Å². The maximum absolute atomic E-state index is 10.9. The van der Waals surface area contributed by atoms with Crippen molar-refractivity contribution in [2.45, 2.75) is 24.5 Å². The molecule has 0 fully saturated rings. The number of hydrogen-bond acceptors (Lipinski definition) is 3. The molecule has 1 heterocycles. The number of nitrogens with one attached hydrogen (secondary N) is 2. The number of ether oxygens (including phenoxy) is 1. The van der Waals surface area contributed by atoms with Crippen LogP contribution in [0.3, 0.4) is 0 Å². The number of hydrogen-bond donors (Lipinski definition) is 2. The van der Waals surface area contributed by atoms with Gasteiger partial charge in [-0.3, -0.25) is 0 Å². The summed E-state index contributed by atoms with van der Waals surface area (Å²) in [5, 5.41) is 0. The molecule has 4 nitrogen and oxygen atoms in total. The standard InChI is InChI=1S/C13H16N2O2S/c1-2-12(17-11-6-4-3-5-7-11)18-9-10-8-14-13(16)15-10/h3-8,12H,2,9H2,1H3,(H2,14,15,16). The number of benzene rings is 1. The molecule has 0 aliphatic rings. The Labute approximate surface area is 110 Å². The molecule has 0 aliphatic carbocycles. The summed E-state index contributed by atoms with van der Waals surface area (Å²) in [6.07, 6.45) is 2.61. The molecule has 0 aliphatic heterocycles. The van der Waals surface area contributed by atoms with Crippen molar-refractivity contribution in [3.63, 3.8) is 0 Å². The van der Waals surface area contributed by atoms with Gasteiger partial charge in [0.15, 0.2) is 0 Å². The van der Waals surface area contributed by atoms with E-state index in [1.165, 1.54) is 0 Å². The molecule has 2 N–H and O–H groups in total. The van der Waals surface area contributed by atoms with Crippen molar-refractivity contribution in [3.8, 4) is 5.75 Å². The van der Waals surface area contributed by atoms with Crippen molar-refractivity contribution >= 4 is 11.8 Å². The van der Waals surface area contributed by atoms with E-state index in [1.807, 2.05) is 30.3 Å². The summed E-state index contributed by atoms with van der Waals surface area (Å²) in [7, 11) is 0. The summed E-state index contributed by atoms with van der Waals surface area (Å²) < 4.78 is 5.85. The van der Waals surface area contributed by atoms with Crippen LogP contribution in [0.2, 0.25) is 0 Å². The van der Waals surface area contributed by atoms with E-state index < -0.39 is 0 Å². The van der Waals surface area contributed by atoms with E-state index in [4.69, 9.17) is 4.74 Å². The van der Waals surface area contributed by atoms with Crippen molar-refractivity contribution in [2.75, 3.05) is 0 Å². The molecule has 0 amide bonds. The second-order valence-corrected chi connectivity index (χ2v) is 5.00. The third kappa shape index (κ3) is 3.70. The van der Waals surface area contributed by atoms with Gasteiger partial charge in [0, 0.05) is 17.6 Å². The molecule has 96 valence electrons. The molecule has 0 saturated heterocycles. The van der Waals surface area contributed by atoms with Gasteiger partial charge in [0.05, 0.1) is 0 Å². The summed E-state index contributed by atoms with van der Waals surface area (Å²) in [6, 6.07) is 9.76. The summed E-state index contributed by atoms with van der Waals surface area (Å²) in [5.74, 6) is 1.60. The Morgan fingerprint density at radius 1 is 1.33 bits per heavy atom. The van der Waals surface area contributed by atoms with Crippen LogP contribution in [0.1, 0.15) is 19.0 Å².